The Hall–Kier alpha value is -3.75. The Kier molecular flexibility index (Phi) is 6.60. The van der Waals surface area contributed by atoms with Crippen molar-refractivity contribution in [2.45, 2.75) is 37.8 Å². The van der Waals surface area contributed by atoms with Crippen molar-refractivity contribution < 1.29 is 26.3 Å². The largest absolute Gasteiger partial charge is 0.431 e. The van der Waals surface area contributed by atoms with E-state index in [1.165, 1.54) is 29.2 Å². The smallest absolute Gasteiger partial charge is 0.394 e. The highest BCUT2D eigenvalue weighted by Crippen LogP contribution is 2.28. The van der Waals surface area contributed by atoms with Gasteiger partial charge in [-0.1, -0.05) is 0 Å². The molecule has 36 heavy (non-hydrogen) atoms. The predicted molar refractivity (Wildman–Crippen MR) is 118 cm³/mol. The lowest BCUT2D eigenvalue weighted by atomic mass is 10.0. The first-order valence-electron chi connectivity index (χ1n) is 10.7. The number of hydrogen-bond donors (Lipinski definition) is 3. The lowest BCUT2D eigenvalue weighted by Crippen LogP contribution is -2.57. The summed E-state index contributed by atoms with van der Waals surface area (Å²) in [7, 11) is 0. The van der Waals surface area contributed by atoms with Gasteiger partial charge in [-0.15, -0.1) is 0 Å². The molecule has 0 amide bonds. The minimum atomic E-state index is -4.79. The van der Waals surface area contributed by atoms with Gasteiger partial charge in [0.15, 0.2) is 11.5 Å². The van der Waals surface area contributed by atoms with Gasteiger partial charge in [-0.05, 0) is 13.0 Å². The van der Waals surface area contributed by atoms with Gasteiger partial charge in [0, 0.05) is 43.3 Å². The number of piperazine rings is 1. The molecule has 15 heteroatoms. The Morgan fingerprint density at radius 3 is 2.58 bits per heavy atom. The highest BCUT2D eigenvalue weighted by molar-refractivity contribution is 5.79. The molecule has 1 saturated heterocycles. The Bertz CT molecular complexity index is 1300. The number of hydrogen-bond acceptors (Lipinski definition) is 8. The number of fused-ring (bicyclic) bond motifs is 1. The van der Waals surface area contributed by atoms with E-state index in [0.29, 0.717) is 29.9 Å². The predicted octanol–water partition coefficient (Wildman–Crippen LogP) is 2.88. The van der Waals surface area contributed by atoms with Crippen LogP contribution in [0.25, 0.3) is 17.2 Å². The van der Waals surface area contributed by atoms with Gasteiger partial charge in [0.1, 0.15) is 17.2 Å². The van der Waals surface area contributed by atoms with Crippen molar-refractivity contribution in [2.24, 2.45) is 5.73 Å². The molecule has 1 fully saturated rings. The van der Waals surface area contributed by atoms with Crippen molar-refractivity contribution in [3.8, 4) is 11.5 Å². The van der Waals surface area contributed by atoms with Crippen LogP contribution in [0.5, 0.6) is 0 Å². The molecule has 3 aromatic heterocycles. The maximum Gasteiger partial charge on any atom is 0.431 e. The molecular formula is C21H21F6N9. The van der Waals surface area contributed by atoms with Crippen LogP contribution in [-0.4, -0.2) is 68.1 Å². The van der Waals surface area contributed by atoms with Crippen molar-refractivity contribution in [1.82, 2.24) is 29.7 Å². The summed E-state index contributed by atoms with van der Waals surface area (Å²) in [5.41, 5.74) is 3.96. The zero-order valence-corrected chi connectivity index (χ0v) is 18.8. The number of aromatic nitrogens is 5. The zero-order valence-electron chi connectivity index (χ0n) is 18.8. The highest BCUT2D eigenvalue weighted by Gasteiger charge is 2.37. The molecule has 2 unspecified atom stereocenters. The van der Waals surface area contributed by atoms with E-state index in [0.717, 1.165) is 0 Å². The van der Waals surface area contributed by atoms with E-state index >= 15 is 0 Å². The minimum Gasteiger partial charge on any atom is -0.394 e. The lowest BCUT2D eigenvalue weighted by molar-refractivity contribution is -0.127. The van der Waals surface area contributed by atoms with Gasteiger partial charge in [0.2, 0.25) is 0 Å². The fourth-order valence-electron chi connectivity index (χ4n) is 4.02. The Labute approximate surface area is 200 Å². The molecule has 0 saturated carbocycles. The molecule has 0 aromatic carbocycles. The van der Waals surface area contributed by atoms with E-state index in [2.05, 4.69) is 25.3 Å². The van der Waals surface area contributed by atoms with E-state index in [4.69, 9.17) is 11.1 Å². The number of rotatable bonds is 5. The molecule has 192 valence electrons. The number of anilines is 1. The maximum atomic E-state index is 13.2. The molecule has 9 nitrogen and oxygen atoms in total. The summed E-state index contributed by atoms with van der Waals surface area (Å²) in [5.74, 6) is 0.539. The van der Waals surface area contributed by atoms with Gasteiger partial charge in [0.25, 0.3) is 0 Å². The zero-order chi connectivity index (χ0) is 26.3. The van der Waals surface area contributed by atoms with E-state index in [-0.39, 0.29) is 29.7 Å². The average molecular weight is 513 g/mol. The summed E-state index contributed by atoms with van der Waals surface area (Å²) in [6.45, 7) is 2.19. The number of allylic oxidation sites excluding steroid dienone is 1. The molecule has 0 spiro atoms. The van der Waals surface area contributed by atoms with Crippen molar-refractivity contribution in [1.29, 1.82) is 5.41 Å². The summed E-state index contributed by atoms with van der Waals surface area (Å²) in [4.78, 5) is 18.4. The molecule has 0 bridgehead atoms. The molecule has 0 aliphatic carbocycles. The second-order valence-electron chi connectivity index (χ2n) is 8.32. The summed E-state index contributed by atoms with van der Waals surface area (Å²) in [6, 6.07) is 0.405. The van der Waals surface area contributed by atoms with Gasteiger partial charge in [0.05, 0.1) is 30.6 Å². The fourth-order valence-corrected chi connectivity index (χ4v) is 4.02. The Morgan fingerprint density at radius 1 is 1.17 bits per heavy atom. The first kappa shape index (κ1) is 25.3. The number of halogens is 6. The normalized spacial score (nSPS) is 19.9. The van der Waals surface area contributed by atoms with Crippen LogP contribution in [-0.2, 0) is 6.42 Å². The lowest BCUT2D eigenvalue weighted by Gasteiger charge is -2.39. The summed E-state index contributed by atoms with van der Waals surface area (Å²) in [5, 5.41) is 10.5. The van der Waals surface area contributed by atoms with Crippen LogP contribution in [0.4, 0.5) is 32.2 Å². The van der Waals surface area contributed by atoms with Crippen LogP contribution in [0.1, 0.15) is 12.6 Å². The van der Waals surface area contributed by atoms with Crippen LogP contribution in [0.15, 0.2) is 42.1 Å². The standard InChI is InChI=1S/C21H21F6N9/c1-11-8-35(10-14(33-11)13(5-28)18(29)21(25,26)27)16-2-3-30-19(34-16)15-6-32-17-7-31-12(9-36(15)17)4-20(22,23)24/h2-3,5-7,9,11,14,28,33H,4,8,10,29H2,1H3/b18-13+,28-5?. The van der Waals surface area contributed by atoms with Crippen LogP contribution >= 0.6 is 0 Å². The monoisotopic (exact) mass is 513 g/mol. The van der Waals surface area contributed by atoms with Gasteiger partial charge >= 0.3 is 12.4 Å². The third-order valence-corrected chi connectivity index (χ3v) is 5.56. The van der Waals surface area contributed by atoms with Crippen molar-refractivity contribution in [2.75, 3.05) is 18.0 Å². The molecule has 2 atom stereocenters. The van der Waals surface area contributed by atoms with Crippen LogP contribution in [0.2, 0.25) is 0 Å². The second kappa shape index (κ2) is 9.37. The number of nitrogens with zero attached hydrogens (tertiary/aromatic N) is 6. The van der Waals surface area contributed by atoms with Crippen molar-refractivity contribution in [3.05, 3.63) is 47.8 Å². The van der Waals surface area contributed by atoms with Crippen molar-refractivity contribution >= 4 is 17.7 Å². The Balaban J connectivity index is 1.67. The van der Waals surface area contributed by atoms with Gasteiger partial charge < -0.3 is 21.4 Å². The number of nitrogens with one attached hydrogen (secondary N) is 2. The SMILES string of the molecule is CC1CN(c2ccnc(-c3cnc4cnc(CC(F)(F)F)cn34)n2)CC(/C(C=N)=C(/N)C(F)(F)F)N1. The van der Waals surface area contributed by atoms with Gasteiger partial charge in [-0.2, -0.15) is 26.3 Å². The topological polar surface area (TPSA) is 121 Å². The number of nitrogens with two attached hydrogens (primary N) is 1. The van der Waals surface area contributed by atoms with Crippen molar-refractivity contribution in [3.63, 3.8) is 0 Å². The van der Waals surface area contributed by atoms with Crippen LogP contribution in [0, 0.1) is 5.41 Å². The summed E-state index contributed by atoms with van der Waals surface area (Å²) < 4.78 is 79.4. The first-order chi connectivity index (χ1) is 16.9. The average Bonchev–Trinajstić information content (AvgIpc) is 3.21. The third kappa shape index (κ3) is 5.40. The second-order valence-corrected chi connectivity index (χ2v) is 8.32. The molecular weight excluding hydrogens is 492 g/mol. The molecule has 4 heterocycles. The molecule has 3 aromatic rings. The third-order valence-electron chi connectivity index (χ3n) is 5.56. The van der Waals surface area contributed by atoms with Gasteiger partial charge in [-0.3, -0.25) is 9.38 Å². The molecule has 1 aliphatic rings. The fraction of sp³-hybridized carbons (Fsp3) is 0.381. The van der Waals surface area contributed by atoms with E-state index < -0.39 is 30.5 Å². The molecule has 4 N–H and O–H groups in total. The van der Waals surface area contributed by atoms with Crippen LogP contribution < -0.4 is 16.0 Å². The Morgan fingerprint density at radius 2 is 1.92 bits per heavy atom. The summed E-state index contributed by atoms with van der Waals surface area (Å²) >= 11 is 0. The molecule has 4 rings (SSSR count). The first-order valence-corrected chi connectivity index (χ1v) is 10.7. The van der Waals surface area contributed by atoms with Crippen LogP contribution in [0.3, 0.4) is 0 Å². The van der Waals surface area contributed by atoms with E-state index in [1.54, 1.807) is 17.9 Å². The van der Waals surface area contributed by atoms with E-state index in [9.17, 15) is 26.3 Å². The summed E-state index contributed by atoms with van der Waals surface area (Å²) in [6.07, 6.45) is -4.58. The highest BCUT2D eigenvalue weighted by atomic mass is 19.4. The maximum absolute atomic E-state index is 13.2. The number of alkyl halides is 6. The number of imidazole rings is 1. The quantitative estimate of drug-likeness (QED) is 0.354. The van der Waals surface area contributed by atoms with Gasteiger partial charge in [-0.25, -0.2) is 15.0 Å². The molecule has 1 aliphatic heterocycles. The minimum absolute atomic E-state index is 0.0368. The van der Waals surface area contributed by atoms with E-state index in [1.807, 2.05) is 0 Å². The molecule has 0 radical (unpaired) electrons.